The third-order valence-electron chi connectivity index (χ3n) is 2.88. The second-order valence-electron chi connectivity index (χ2n) is 3.93. The van der Waals surface area contributed by atoms with Crippen LogP contribution in [-0.2, 0) is 6.42 Å². The normalized spacial score (nSPS) is 11.1. The molecule has 0 radical (unpaired) electrons. The fraction of sp³-hybridized carbons (Fsp3) is 0.308. The molecule has 2 rings (SSSR count). The molecule has 0 atom stereocenters. The lowest BCUT2D eigenvalue weighted by Gasteiger charge is -2.11. The molecule has 0 aliphatic carbocycles. The van der Waals surface area contributed by atoms with Gasteiger partial charge in [-0.2, -0.15) is 0 Å². The predicted octanol–water partition coefficient (Wildman–Crippen LogP) is 4.72. The number of pyridine rings is 1. The molecule has 0 bridgehead atoms. The smallest absolute Gasteiger partial charge is 0.0764 e. The standard InChI is InChI=1S/C13H13Cl2N/c1-4-9-8(3)16-13-7(2)5-6-10(14)11(13)12(9)15/h5-6H,4H2,1-3H3. The van der Waals surface area contributed by atoms with Crippen molar-refractivity contribution in [1.29, 1.82) is 0 Å². The van der Waals surface area contributed by atoms with Gasteiger partial charge in [-0.05, 0) is 37.5 Å². The Hall–Kier alpha value is -0.790. The van der Waals surface area contributed by atoms with Gasteiger partial charge in [0.05, 0.1) is 15.6 Å². The molecule has 0 amide bonds. The first kappa shape index (κ1) is 11.7. The third-order valence-corrected chi connectivity index (χ3v) is 3.62. The van der Waals surface area contributed by atoms with Gasteiger partial charge in [-0.3, -0.25) is 4.98 Å². The zero-order chi connectivity index (χ0) is 11.9. The number of halogens is 2. The van der Waals surface area contributed by atoms with Crippen LogP contribution in [0.4, 0.5) is 0 Å². The average molecular weight is 254 g/mol. The number of hydrogen-bond acceptors (Lipinski definition) is 1. The Morgan fingerprint density at radius 3 is 2.50 bits per heavy atom. The number of aromatic nitrogens is 1. The Balaban J connectivity index is 2.98. The molecule has 1 nitrogen and oxygen atoms in total. The van der Waals surface area contributed by atoms with E-state index in [0.29, 0.717) is 5.02 Å². The number of fused-ring (bicyclic) bond motifs is 1. The topological polar surface area (TPSA) is 12.9 Å². The van der Waals surface area contributed by atoms with E-state index in [4.69, 9.17) is 23.2 Å². The number of benzene rings is 1. The summed E-state index contributed by atoms with van der Waals surface area (Å²) in [6, 6.07) is 3.85. The molecule has 16 heavy (non-hydrogen) atoms. The predicted molar refractivity (Wildman–Crippen MR) is 70.6 cm³/mol. The van der Waals surface area contributed by atoms with Crippen LogP contribution in [0.1, 0.15) is 23.7 Å². The van der Waals surface area contributed by atoms with Gasteiger partial charge < -0.3 is 0 Å². The van der Waals surface area contributed by atoms with Crippen molar-refractivity contribution >= 4 is 34.1 Å². The highest BCUT2D eigenvalue weighted by atomic mass is 35.5. The maximum atomic E-state index is 6.40. The molecule has 0 unspecified atom stereocenters. The molecule has 3 heteroatoms. The maximum absolute atomic E-state index is 6.40. The number of hydrogen-bond donors (Lipinski definition) is 0. The van der Waals surface area contributed by atoms with E-state index in [1.54, 1.807) is 0 Å². The quantitative estimate of drug-likeness (QED) is 0.717. The van der Waals surface area contributed by atoms with Gasteiger partial charge in [0.2, 0.25) is 0 Å². The van der Waals surface area contributed by atoms with E-state index in [-0.39, 0.29) is 0 Å². The van der Waals surface area contributed by atoms with Crippen LogP contribution in [0.3, 0.4) is 0 Å². The summed E-state index contributed by atoms with van der Waals surface area (Å²) in [5.41, 5.74) is 4.09. The number of rotatable bonds is 1. The summed E-state index contributed by atoms with van der Waals surface area (Å²) in [6.45, 7) is 6.09. The van der Waals surface area contributed by atoms with Gasteiger partial charge in [-0.25, -0.2) is 0 Å². The van der Waals surface area contributed by atoms with Crippen molar-refractivity contribution in [1.82, 2.24) is 4.98 Å². The number of nitrogens with zero attached hydrogens (tertiary/aromatic N) is 1. The van der Waals surface area contributed by atoms with Crippen LogP contribution in [0.2, 0.25) is 10.0 Å². The minimum absolute atomic E-state index is 0.674. The van der Waals surface area contributed by atoms with E-state index in [0.717, 1.165) is 39.2 Å². The summed E-state index contributed by atoms with van der Waals surface area (Å²) in [7, 11) is 0. The molecule has 84 valence electrons. The SMILES string of the molecule is CCc1c(C)nc2c(C)ccc(Cl)c2c1Cl. The second kappa shape index (κ2) is 4.23. The van der Waals surface area contributed by atoms with Crippen molar-refractivity contribution in [3.63, 3.8) is 0 Å². The molecule has 0 N–H and O–H groups in total. The largest absolute Gasteiger partial charge is 0.252 e. The Morgan fingerprint density at radius 1 is 1.19 bits per heavy atom. The summed E-state index contributed by atoms with van der Waals surface area (Å²) in [5.74, 6) is 0. The molecule has 0 saturated heterocycles. The molecule has 0 saturated carbocycles. The van der Waals surface area contributed by atoms with Crippen LogP contribution in [0, 0.1) is 13.8 Å². The Bertz CT molecular complexity index is 562. The van der Waals surface area contributed by atoms with Crippen molar-refractivity contribution < 1.29 is 0 Å². The van der Waals surface area contributed by atoms with Crippen LogP contribution in [0.25, 0.3) is 10.9 Å². The molecule has 1 aromatic carbocycles. The molecule has 0 aliphatic rings. The molecule has 1 aromatic heterocycles. The van der Waals surface area contributed by atoms with Crippen LogP contribution in [0.15, 0.2) is 12.1 Å². The van der Waals surface area contributed by atoms with E-state index in [9.17, 15) is 0 Å². The van der Waals surface area contributed by atoms with Gasteiger partial charge in [-0.1, -0.05) is 36.2 Å². The van der Waals surface area contributed by atoms with Crippen molar-refractivity contribution in [3.05, 3.63) is 39.0 Å². The first-order valence-corrected chi connectivity index (χ1v) is 6.05. The first-order chi connectivity index (χ1) is 7.56. The fourth-order valence-electron chi connectivity index (χ4n) is 1.98. The molecular formula is C13H13Cl2N. The first-order valence-electron chi connectivity index (χ1n) is 5.30. The second-order valence-corrected chi connectivity index (χ2v) is 4.72. The molecule has 1 heterocycles. The average Bonchev–Trinajstić information content (AvgIpc) is 2.24. The highest BCUT2D eigenvalue weighted by Crippen LogP contribution is 2.34. The molecule has 0 fully saturated rings. The highest BCUT2D eigenvalue weighted by molar-refractivity contribution is 6.42. The lowest BCUT2D eigenvalue weighted by molar-refractivity contribution is 1.07. The minimum Gasteiger partial charge on any atom is -0.252 e. The van der Waals surface area contributed by atoms with Gasteiger partial charge in [0.1, 0.15) is 0 Å². The van der Waals surface area contributed by atoms with E-state index in [2.05, 4.69) is 11.9 Å². The number of aryl methyl sites for hydroxylation is 2. The molecule has 0 aliphatic heterocycles. The van der Waals surface area contributed by atoms with Crippen molar-refractivity contribution in [3.8, 4) is 0 Å². The van der Waals surface area contributed by atoms with E-state index >= 15 is 0 Å². The van der Waals surface area contributed by atoms with Gasteiger partial charge >= 0.3 is 0 Å². The van der Waals surface area contributed by atoms with Crippen molar-refractivity contribution in [2.24, 2.45) is 0 Å². The van der Waals surface area contributed by atoms with Crippen LogP contribution >= 0.6 is 23.2 Å². The Labute approximate surface area is 105 Å². The monoisotopic (exact) mass is 253 g/mol. The van der Waals surface area contributed by atoms with Gasteiger partial charge in [-0.15, -0.1) is 0 Å². The lowest BCUT2D eigenvalue weighted by Crippen LogP contribution is -1.96. The summed E-state index contributed by atoms with van der Waals surface area (Å²) < 4.78 is 0. The van der Waals surface area contributed by atoms with Crippen LogP contribution < -0.4 is 0 Å². The van der Waals surface area contributed by atoms with Crippen LogP contribution in [-0.4, -0.2) is 4.98 Å². The van der Waals surface area contributed by atoms with Gasteiger partial charge in [0.25, 0.3) is 0 Å². The molecule has 0 spiro atoms. The van der Waals surface area contributed by atoms with E-state index in [1.807, 2.05) is 26.0 Å². The summed E-state index contributed by atoms with van der Waals surface area (Å²) in [5, 5.41) is 2.30. The third kappa shape index (κ3) is 1.68. The highest BCUT2D eigenvalue weighted by Gasteiger charge is 2.13. The summed E-state index contributed by atoms with van der Waals surface area (Å²) in [4.78, 5) is 4.60. The van der Waals surface area contributed by atoms with E-state index in [1.165, 1.54) is 0 Å². The van der Waals surface area contributed by atoms with Crippen molar-refractivity contribution in [2.45, 2.75) is 27.2 Å². The molecule has 2 aromatic rings. The zero-order valence-corrected chi connectivity index (χ0v) is 11.1. The summed E-state index contributed by atoms with van der Waals surface area (Å²) >= 11 is 12.6. The Morgan fingerprint density at radius 2 is 1.88 bits per heavy atom. The fourth-order valence-corrected chi connectivity index (χ4v) is 2.74. The Kier molecular flexibility index (Phi) is 3.09. The maximum Gasteiger partial charge on any atom is 0.0764 e. The zero-order valence-electron chi connectivity index (χ0n) is 9.56. The minimum atomic E-state index is 0.674. The lowest BCUT2D eigenvalue weighted by atomic mass is 10.0. The van der Waals surface area contributed by atoms with Gasteiger partial charge in [0, 0.05) is 11.1 Å². The van der Waals surface area contributed by atoms with Gasteiger partial charge in [0.15, 0.2) is 0 Å². The van der Waals surface area contributed by atoms with Crippen LogP contribution in [0.5, 0.6) is 0 Å². The molecular weight excluding hydrogens is 241 g/mol. The van der Waals surface area contributed by atoms with Crippen molar-refractivity contribution in [2.75, 3.05) is 0 Å². The summed E-state index contributed by atoms with van der Waals surface area (Å²) in [6.07, 6.45) is 0.873. The van der Waals surface area contributed by atoms with E-state index < -0.39 is 0 Å².